The molecule has 1 unspecified atom stereocenters. The zero-order chi connectivity index (χ0) is 44.4. The first-order valence-electron chi connectivity index (χ1n) is 25.5. The summed E-state index contributed by atoms with van der Waals surface area (Å²) in [6.45, 7) is 6.45. The molecule has 0 aliphatic rings. The van der Waals surface area contributed by atoms with Crippen LogP contribution in [0.25, 0.3) is 0 Å². The Kier molecular flexibility index (Phi) is 46.9. The second-order valence-electron chi connectivity index (χ2n) is 16.8. The van der Waals surface area contributed by atoms with Gasteiger partial charge in [0.2, 0.25) is 0 Å². The van der Waals surface area contributed by atoms with Gasteiger partial charge in [0.15, 0.2) is 6.10 Å². The van der Waals surface area contributed by atoms with Crippen molar-refractivity contribution in [1.29, 1.82) is 0 Å². The van der Waals surface area contributed by atoms with E-state index in [2.05, 4.69) is 45.1 Å². The third kappa shape index (κ3) is 47.7. The maximum atomic E-state index is 12.8. The number of rotatable bonds is 45. The molecule has 1 atom stereocenters. The molecule has 0 aromatic carbocycles. The Hall–Kier alpha value is -3.15. The van der Waals surface area contributed by atoms with Crippen LogP contribution in [0.2, 0.25) is 0 Å². The van der Waals surface area contributed by atoms with E-state index in [1.165, 1.54) is 128 Å². The number of hydrogen-bond acceptors (Lipinski definition) is 6. The summed E-state index contributed by atoms with van der Waals surface area (Å²) < 4.78 is 16.7. The van der Waals surface area contributed by atoms with Crippen LogP contribution >= 0.6 is 0 Å². The second kappa shape index (κ2) is 49.5. The molecule has 350 valence electrons. The molecular weight excluding hydrogens is 757 g/mol. The summed E-state index contributed by atoms with van der Waals surface area (Å²) in [5, 5.41) is 0. The van der Waals surface area contributed by atoms with Crippen molar-refractivity contribution in [2.45, 2.75) is 245 Å². The summed E-state index contributed by atoms with van der Waals surface area (Å²) in [5.41, 5.74) is 0. The molecule has 0 rings (SSSR count). The van der Waals surface area contributed by atoms with Crippen molar-refractivity contribution in [3.8, 4) is 0 Å². The van der Waals surface area contributed by atoms with Crippen LogP contribution < -0.4 is 0 Å². The van der Waals surface area contributed by atoms with Crippen LogP contribution in [-0.2, 0) is 28.6 Å². The maximum absolute atomic E-state index is 12.8. The molecule has 0 aromatic rings. The van der Waals surface area contributed by atoms with Crippen molar-refractivity contribution in [2.75, 3.05) is 13.2 Å². The largest absolute Gasteiger partial charge is 0.462 e. The van der Waals surface area contributed by atoms with E-state index in [1.54, 1.807) is 0 Å². The topological polar surface area (TPSA) is 78.9 Å². The molecule has 0 spiro atoms. The summed E-state index contributed by atoms with van der Waals surface area (Å²) in [7, 11) is 0. The zero-order valence-corrected chi connectivity index (χ0v) is 39.9. The molecule has 0 bridgehead atoms. The van der Waals surface area contributed by atoms with Crippen LogP contribution in [0, 0.1) is 0 Å². The molecule has 0 fully saturated rings. The van der Waals surface area contributed by atoms with Gasteiger partial charge in [-0.1, -0.05) is 229 Å². The van der Waals surface area contributed by atoms with Gasteiger partial charge in [-0.05, 0) is 64.2 Å². The van der Waals surface area contributed by atoms with Crippen LogP contribution in [0.5, 0.6) is 0 Å². The smallest absolute Gasteiger partial charge is 0.306 e. The summed E-state index contributed by atoms with van der Waals surface area (Å²) >= 11 is 0. The SMILES string of the molecule is CC\C=C/C=C\C=C/C=C\C=C/CCCCCC(=O)OC(COC(=O)CCCCCCCCC/C=C\CCCCCCCC)COC(=O)CCCCCCCCCCCCC. The predicted octanol–water partition coefficient (Wildman–Crippen LogP) is 16.6. The number of hydrogen-bond donors (Lipinski definition) is 0. The summed E-state index contributed by atoms with van der Waals surface area (Å²) in [6, 6.07) is 0. The Bertz CT molecular complexity index is 1160. The fraction of sp³-hybridized carbons (Fsp3) is 0.727. The Morgan fingerprint density at radius 3 is 1.07 bits per heavy atom. The molecule has 6 heteroatoms. The lowest BCUT2D eigenvalue weighted by molar-refractivity contribution is -0.167. The number of carbonyl (C=O) groups excluding carboxylic acids is 3. The standard InChI is InChI=1S/C55H94O6/c1-4-7-10-13-16-19-22-24-26-27-29-30-33-36-39-42-45-48-54(57)60-51-52(50-59-53(56)47-44-41-38-35-32-21-18-15-12-9-6-3)61-55(58)49-46-43-40-37-34-31-28-25-23-20-17-14-11-8-5-2/h8,11,14,17,20,23-26,28,31,34,52H,4-7,9-10,12-13,15-16,18-19,21-22,27,29-30,32-33,35-51H2,1-3H3/b11-8-,17-14-,23-20-,26-24-,28-25-,34-31-. The molecule has 0 heterocycles. The molecule has 0 N–H and O–H groups in total. The lowest BCUT2D eigenvalue weighted by Gasteiger charge is -2.18. The van der Waals surface area contributed by atoms with Crippen molar-refractivity contribution in [2.24, 2.45) is 0 Å². The summed E-state index contributed by atoms with van der Waals surface area (Å²) in [4.78, 5) is 37.9. The number of ether oxygens (including phenoxy) is 3. The van der Waals surface area contributed by atoms with Gasteiger partial charge in [0.05, 0.1) is 0 Å². The molecule has 0 aliphatic heterocycles. The molecule has 0 saturated carbocycles. The quantitative estimate of drug-likeness (QED) is 0.0200. The highest BCUT2D eigenvalue weighted by atomic mass is 16.6. The van der Waals surface area contributed by atoms with Crippen molar-refractivity contribution in [1.82, 2.24) is 0 Å². The van der Waals surface area contributed by atoms with E-state index in [-0.39, 0.29) is 37.5 Å². The van der Waals surface area contributed by atoms with Crippen molar-refractivity contribution in [3.05, 3.63) is 72.9 Å². The molecule has 6 nitrogen and oxygen atoms in total. The molecule has 0 amide bonds. The average Bonchev–Trinajstić information content (AvgIpc) is 3.26. The maximum Gasteiger partial charge on any atom is 0.306 e. The number of allylic oxidation sites excluding steroid dienone is 12. The fourth-order valence-electron chi connectivity index (χ4n) is 6.99. The lowest BCUT2D eigenvalue weighted by atomic mass is 10.1. The molecule has 61 heavy (non-hydrogen) atoms. The van der Waals surface area contributed by atoms with Crippen LogP contribution in [0.1, 0.15) is 239 Å². The minimum Gasteiger partial charge on any atom is -0.462 e. The second-order valence-corrected chi connectivity index (χ2v) is 16.8. The van der Waals surface area contributed by atoms with Crippen LogP contribution in [0.4, 0.5) is 0 Å². The van der Waals surface area contributed by atoms with Crippen LogP contribution in [0.3, 0.4) is 0 Å². The van der Waals surface area contributed by atoms with Crippen LogP contribution in [0.15, 0.2) is 72.9 Å². The van der Waals surface area contributed by atoms with Gasteiger partial charge in [-0.15, -0.1) is 0 Å². The Labute approximate surface area is 376 Å². The third-order valence-electron chi connectivity index (χ3n) is 10.8. The van der Waals surface area contributed by atoms with Gasteiger partial charge in [-0.3, -0.25) is 14.4 Å². The summed E-state index contributed by atoms with van der Waals surface area (Å²) in [6.07, 6.45) is 61.7. The van der Waals surface area contributed by atoms with E-state index in [4.69, 9.17) is 14.2 Å². The lowest BCUT2D eigenvalue weighted by Crippen LogP contribution is -2.30. The monoisotopic (exact) mass is 851 g/mol. The zero-order valence-electron chi connectivity index (χ0n) is 39.9. The van der Waals surface area contributed by atoms with Gasteiger partial charge in [-0.25, -0.2) is 0 Å². The molecule has 0 saturated heterocycles. The van der Waals surface area contributed by atoms with Gasteiger partial charge in [0.25, 0.3) is 0 Å². The van der Waals surface area contributed by atoms with Crippen molar-refractivity contribution in [3.63, 3.8) is 0 Å². The number of unbranched alkanes of at least 4 members (excludes halogenated alkanes) is 26. The average molecular weight is 851 g/mol. The molecule has 0 aliphatic carbocycles. The highest BCUT2D eigenvalue weighted by Gasteiger charge is 2.19. The van der Waals surface area contributed by atoms with Crippen molar-refractivity contribution >= 4 is 17.9 Å². The fourth-order valence-corrected chi connectivity index (χ4v) is 6.99. The van der Waals surface area contributed by atoms with Gasteiger partial charge in [0, 0.05) is 19.3 Å². The number of carbonyl (C=O) groups is 3. The van der Waals surface area contributed by atoms with E-state index in [9.17, 15) is 14.4 Å². The Balaban J connectivity index is 4.43. The highest BCUT2D eigenvalue weighted by molar-refractivity contribution is 5.71. The van der Waals surface area contributed by atoms with E-state index < -0.39 is 6.10 Å². The Morgan fingerprint density at radius 2 is 0.656 bits per heavy atom. The molecular formula is C55H94O6. The van der Waals surface area contributed by atoms with E-state index >= 15 is 0 Å². The van der Waals surface area contributed by atoms with Crippen LogP contribution in [-0.4, -0.2) is 37.2 Å². The number of esters is 3. The normalized spacial score (nSPS) is 12.6. The Morgan fingerprint density at radius 1 is 0.344 bits per heavy atom. The van der Waals surface area contributed by atoms with E-state index in [0.717, 1.165) is 64.2 Å². The minimum atomic E-state index is -0.796. The van der Waals surface area contributed by atoms with Gasteiger partial charge in [-0.2, -0.15) is 0 Å². The van der Waals surface area contributed by atoms with Gasteiger partial charge in [0.1, 0.15) is 13.2 Å². The van der Waals surface area contributed by atoms with E-state index in [0.29, 0.717) is 19.3 Å². The van der Waals surface area contributed by atoms with Gasteiger partial charge < -0.3 is 14.2 Å². The van der Waals surface area contributed by atoms with E-state index in [1.807, 2.05) is 48.6 Å². The highest BCUT2D eigenvalue weighted by Crippen LogP contribution is 2.15. The molecule has 0 aromatic heterocycles. The van der Waals surface area contributed by atoms with Gasteiger partial charge >= 0.3 is 17.9 Å². The molecule has 0 radical (unpaired) electrons. The first kappa shape index (κ1) is 57.9. The minimum absolute atomic E-state index is 0.0928. The summed E-state index contributed by atoms with van der Waals surface area (Å²) in [5.74, 6) is -0.938. The first-order chi connectivity index (χ1) is 30.0. The predicted molar refractivity (Wildman–Crippen MR) is 261 cm³/mol. The third-order valence-corrected chi connectivity index (χ3v) is 10.8. The van der Waals surface area contributed by atoms with Crippen molar-refractivity contribution < 1.29 is 28.6 Å². The first-order valence-corrected chi connectivity index (χ1v) is 25.5.